The Morgan fingerprint density at radius 3 is 2.80 bits per heavy atom. The van der Waals surface area contributed by atoms with Crippen LogP contribution in [0.25, 0.3) is 11.3 Å². The largest absolute Gasteiger partial charge is 0.355 e. The Morgan fingerprint density at radius 1 is 1.40 bits per heavy atom. The molecular formula is C11H8FNO2. The molecule has 2 aromatic rings. The molecule has 3 nitrogen and oxygen atoms in total. The monoisotopic (exact) mass is 205 g/mol. The molecule has 0 fully saturated rings. The summed E-state index contributed by atoms with van der Waals surface area (Å²) < 4.78 is 18.3. The molecule has 15 heavy (non-hydrogen) atoms. The van der Waals surface area contributed by atoms with Gasteiger partial charge >= 0.3 is 0 Å². The summed E-state index contributed by atoms with van der Waals surface area (Å²) in [5.74, 6) is -0.452. The molecule has 0 bridgehead atoms. The second-order valence-corrected chi connectivity index (χ2v) is 3.10. The van der Waals surface area contributed by atoms with E-state index >= 15 is 0 Å². The van der Waals surface area contributed by atoms with Crippen LogP contribution in [0.4, 0.5) is 4.39 Å². The topological polar surface area (TPSA) is 43.1 Å². The number of halogens is 1. The first kappa shape index (κ1) is 9.58. The van der Waals surface area contributed by atoms with Crippen molar-refractivity contribution < 1.29 is 13.7 Å². The second kappa shape index (κ2) is 3.65. The molecule has 0 atom stereocenters. The van der Waals surface area contributed by atoms with Crippen molar-refractivity contribution in [3.8, 4) is 11.3 Å². The number of hydrogen-bond acceptors (Lipinski definition) is 3. The summed E-state index contributed by atoms with van der Waals surface area (Å²) in [6.45, 7) is 1.39. The van der Waals surface area contributed by atoms with E-state index in [0.29, 0.717) is 5.56 Å². The van der Waals surface area contributed by atoms with Crippen LogP contribution in [0.2, 0.25) is 0 Å². The molecule has 0 saturated carbocycles. The maximum atomic E-state index is 13.4. The van der Waals surface area contributed by atoms with Crippen LogP contribution in [0.1, 0.15) is 17.3 Å². The third-order valence-electron chi connectivity index (χ3n) is 2.07. The van der Waals surface area contributed by atoms with Gasteiger partial charge in [-0.2, -0.15) is 0 Å². The van der Waals surface area contributed by atoms with Gasteiger partial charge in [-0.05, 0) is 19.1 Å². The Morgan fingerprint density at radius 2 is 2.13 bits per heavy atom. The van der Waals surface area contributed by atoms with Crippen LogP contribution in [0.3, 0.4) is 0 Å². The van der Waals surface area contributed by atoms with Crippen molar-refractivity contribution in [2.24, 2.45) is 0 Å². The zero-order valence-electron chi connectivity index (χ0n) is 8.03. The van der Waals surface area contributed by atoms with Crippen LogP contribution in [0, 0.1) is 5.82 Å². The van der Waals surface area contributed by atoms with Crippen molar-refractivity contribution in [1.29, 1.82) is 0 Å². The number of aromatic nitrogens is 1. The van der Waals surface area contributed by atoms with Crippen LogP contribution in [0.5, 0.6) is 0 Å². The second-order valence-electron chi connectivity index (χ2n) is 3.10. The summed E-state index contributed by atoms with van der Waals surface area (Å²) in [5.41, 5.74) is 0.542. The van der Waals surface area contributed by atoms with Gasteiger partial charge in [0.05, 0.1) is 17.3 Å². The molecule has 2 rings (SSSR count). The van der Waals surface area contributed by atoms with Gasteiger partial charge < -0.3 is 4.52 Å². The van der Waals surface area contributed by atoms with E-state index in [0.717, 1.165) is 0 Å². The molecule has 0 unspecified atom stereocenters. The summed E-state index contributed by atoms with van der Waals surface area (Å²) in [6, 6.07) is 6.09. The van der Waals surface area contributed by atoms with Crippen molar-refractivity contribution in [2.75, 3.05) is 0 Å². The lowest BCUT2D eigenvalue weighted by Crippen LogP contribution is -1.93. The van der Waals surface area contributed by atoms with E-state index in [2.05, 4.69) is 5.16 Å². The standard InChI is InChI=1S/C11H8FNO2/c1-7(14)9-6-13-15-11(9)8-4-2-3-5-10(8)12/h2-6H,1H3. The smallest absolute Gasteiger partial charge is 0.180 e. The Bertz CT molecular complexity index is 505. The van der Waals surface area contributed by atoms with Crippen molar-refractivity contribution in [3.05, 3.63) is 41.8 Å². The molecule has 0 radical (unpaired) electrons. The molecule has 1 aromatic carbocycles. The number of carbonyl (C=O) groups is 1. The summed E-state index contributed by atoms with van der Waals surface area (Å²) in [7, 11) is 0. The molecule has 0 aliphatic carbocycles. The molecule has 4 heteroatoms. The SMILES string of the molecule is CC(=O)c1cnoc1-c1ccccc1F. The van der Waals surface area contributed by atoms with Gasteiger partial charge in [0.25, 0.3) is 0 Å². The fourth-order valence-corrected chi connectivity index (χ4v) is 1.33. The number of ketones is 1. The lowest BCUT2D eigenvalue weighted by atomic mass is 10.1. The van der Waals surface area contributed by atoms with Gasteiger partial charge in [-0.15, -0.1) is 0 Å². The number of nitrogens with zero attached hydrogens (tertiary/aromatic N) is 1. The van der Waals surface area contributed by atoms with Crippen LogP contribution in [-0.4, -0.2) is 10.9 Å². The minimum atomic E-state index is -0.434. The van der Waals surface area contributed by atoms with E-state index in [1.165, 1.54) is 19.2 Å². The Kier molecular flexibility index (Phi) is 2.33. The van der Waals surface area contributed by atoms with E-state index in [4.69, 9.17) is 4.52 Å². The van der Waals surface area contributed by atoms with Crippen LogP contribution in [-0.2, 0) is 0 Å². The van der Waals surface area contributed by atoms with Gasteiger partial charge in [0.2, 0.25) is 0 Å². The first-order valence-corrected chi connectivity index (χ1v) is 4.40. The minimum Gasteiger partial charge on any atom is -0.355 e. The molecule has 1 heterocycles. The lowest BCUT2D eigenvalue weighted by Gasteiger charge is -1.99. The predicted molar refractivity (Wildman–Crippen MR) is 51.9 cm³/mol. The number of rotatable bonds is 2. The zero-order chi connectivity index (χ0) is 10.8. The number of benzene rings is 1. The quantitative estimate of drug-likeness (QED) is 0.708. The van der Waals surface area contributed by atoms with Crippen LogP contribution in [0.15, 0.2) is 35.0 Å². The highest BCUT2D eigenvalue weighted by Crippen LogP contribution is 2.26. The number of Topliss-reactive ketones (excluding diaryl/α,β-unsaturated/α-hetero) is 1. The first-order chi connectivity index (χ1) is 7.20. The van der Waals surface area contributed by atoms with Gasteiger partial charge in [-0.1, -0.05) is 17.3 Å². The molecular weight excluding hydrogens is 197 g/mol. The van der Waals surface area contributed by atoms with E-state index in [1.807, 2.05) is 0 Å². The average Bonchev–Trinajstić information content (AvgIpc) is 2.67. The zero-order valence-corrected chi connectivity index (χ0v) is 8.03. The molecule has 1 aromatic heterocycles. The molecule has 0 N–H and O–H groups in total. The normalized spacial score (nSPS) is 10.3. The van der Waals surface area contributed by atoms with Gasteiger partial charge in [-0.3, -0.25) is 4.79 Å². The highest BCUT2D eigenvalue weighted by atomic mass is 19.1. The molecule has 0 amide bonds. The minimum absolute atomic E-state index is 0.181. The molecule has 76 valence electrons. The summed E-state index contributed by atoms with van der Waals surface area (Å²) in [6.07, 6.45) is 1.30. The maximum Gasteiger partial charge on any atom is 0.180 e. The lowest BCUT2D eigenvalue weighted by molar-refractivity contribution is 0.101. The third-order valence-corrected chi connectivity index (χ3v) is 2.07. The Labute approximate surface area is 85.5 Å². The molecule has 0 aliphatic heterocycles. The van der Waals surface area contributed by atoms with Crippen molar-refractivity contribution in [1.82, 2.24) is 5.16 Å². The fraction of sp³-hybridized carbons (Fsp3) is 0.0909. The van der Waals surface area contributed by atoms with Gasteiger partial charge in [0, 0.05) is 0 Å². The summed E-state index contributed by atoms with van der Waals surface area (Å²) in [4.78, 5) is 11.2. The van der Waals surface area contributed by atoms with Crippen LogP contribution >= 0.6 is 0 Å². The number of hydrogen-bond donors (Lipinski definition) is 0. The molecule has 0 saturated heterocycles. The Hall–Kier alpha value is -1.97. The van der Waals surface area contributed by atoms with E-state index in [-0.39, 0.29) is 17.1 Å². The van der Waals surface area contributed by atoms with Gasteiger partial charge in [0.1, 0.15) is 5.82 Å². The average molecular weight is 205 g/mol. The number of carbonyl (C=O) groups excluding carboxylic acids is 1. The highest BCUT2D eigenvalue weighted by Gasteiger charge is 2.16. The third kappa shape index (κ3) is 1.66. The van der Waals surface area contributed by atoms with Crippen molar-refractivity contribution in [2.45, 2.75) is 6.92 Å². The van der Waals surface area contributed by atoms with E-state index in [9.17, 15) is 9.18 Å². The summed E-state index contributed by atoms with van der Waals surface area (Å²) in [5, 5.41) is 3.50. The van der Waals surface area contributed by atoms with Crippen molar-refractivity contribution >= 4 is 5.78 Å². The predicted octanol–water partition coefficient (Wildman–Crippen LogP) is 2.68. The molecule has 0 spiro atoms. The highest BCUT2D eigenvalue weighted by molar-refractivity contribution is 5.99. The van der Waals surface area contributed by atoms with E-state index in [1.54, 1.807) is 18.2 Å². The fourth-order valence-electron chi connectivity index (χ4n) is 1.33. The van der Waals surface area contributed by atoms with Crippen LogP contribution < -0.4 is 0 Å². The summed E-state index contributed by atoms with van der Waals surface area (Å²) >= 11 is 0. The molecule has 0 aliphatic rings. The van der Waals surface area contributed by atoms with Gasteiger partial charge in [0.15, 0.2) is 11.5 Å². The van der Waals surface area contributed by atoms with Gasteiger partial charge in [-0.25, -0.2) is 4.39 Å². The first-order valence-electron chi connectivity index (χ1n) is 4.40. The Balaban J connectivity index is 2.59. The van der Waals surface area contributed by atoms with Crippen molar-refractivity contribution in [3.63, 3.8) is 0 Å². The van der Waals surface area contributed by atoms with E-state index < -0.39 is 5.82 Å². The maximum absolute atomic E-state index is 13.4.